The maximum Gasteiger partial charge on any atom is 0.317 e. The molecular weight excluding hydrogens is 574 g/mol. The van der Waals surface area contributed by atoms with E-state index in [1.807, 2.05) is 4.68 Å². The lowest BCUT2D eigenvalue weighted by molar-refractivity contribution is -0.273. The monoisotopic (exact) mass is 635 g/mol. The highest BCUT2D eigenvalue weighted by atomic mass is 16.7. The van der Waals surface area contributed by atoms with Gasteiger partial charge in [-0.05, 0) is 117 Å². The summed E-state index contributed by atoms with van der Waals surface area (Å²) < 4.78 is 15.4. The van der Waals surface area contributed by atoms with Crippen molar-refractivity contribution >= 4 is 6.03 Å². The Hall–Kier alpha value is -1.67. The van der Waals surface area contributed by atoms with Crippen LogP contribution in [0.4, 0.5) is 4.79 Å². The molecule has 1 aromatic heterocycles. The molecule has 0 bridgehead atoms. The number of urea groups is 1. The van der Waals surface area contributed by atoms with Gasteiger partial charge in [-0.3, -0.25) is 4.68 Å². The third kappa shape index (κ3) is 5.16. The fourth-order valence-electron chi connectivity index (χ4n) is 13.1. The summed E-state index contributed by atoms with van der Waals surface area (Å²) >= 11 is 0. The highest BCUT2D eigenvalue weighted by Crippen LogP contribution is 2.71. The maximum atomic E-state index is 13.9. The lowest BCUT2D eigenvalue weighted by Crippen LogP contribution is -2.57. The van der Waals surface area contributed by atoms with E-state index >= 15 is 0 Å². The number of carbonyl (C=O) groups is 1. The largest absolute Gasteiger partial charge is 0.349 e. The van der Waals surface area contributed by atoms with E-state index < -0.39 is 0 Å². The molecule has 1 aromatic rings. The predicted molar refractivity (Wildman–Crippen MR) is 178 cm³/mol. The van der Waals surface area contributed by atoms with Gasteiger partial charge >= 0.3 is 6.03 Å². The van der Waals surface area contributed by atoms with Crippen LogP contribution in [0.15, 0.2) is 12.7 Å². The van der Waals surface area contributed by atoms with Crippen LogP contribution >= 0.6 is 0 Å². The molecule has 5 saturated carbocycles. The first-order chi connectivity index (χ1) is 22.2. The number of ether oxygens (including phenoxy) is 2. The van der Waals surface area contributed by atoms with Crippen molar-refractivity contribution in [3.8, 4) is 0 Å². The van der Waals surface area contributed by atoms with E-state index in [0.29, 0.717) is 65.8 Å². The van der Waals surface area contributed by atoms with Crippen molar-refractivity contribution in [2.45, 2.75) is 155 Å². The molecule has 0 aromatic carbocycles. The average molecular weight is 636 g/mol. The first-order valence-corrected chi connectivity index (χ1v) is 19.4. The standard InChI is InChI=1S/C38H61N5O3/c1-25-12-17-38(45-22-25)26(2)34-33(46-38)21-32-30-11-10-27-20-28(13-15-36(27,3)31(30)14-16-37(32,34)4)41-35(44)43(29-8-6-5-7-9-29)19-18-42-24-39-23-40-42/h23-34H,5-22H2,1-4H3,(H,41,44)/t25-,26-,27+,28+,30+,31-,32-,33-,34-,36-,37-,38+/m0/s1. The predicted octanol–water partition coefficient (Wildman–Crippen LogP) is 7.44. The van der Waals surface area contributed by atoms with Crippen molar-refractivity contribution in [3.63, 3.8) is 0 Å². The summed E-state index contributed by atoms with van der Waals surface area (Å²) in [6.07, 6.45) is 22.2. The zero-order chi connectivity index (χ0) is 31.7. The molecular formula is C38H61N5O3. The summed E-state index contributed by atoms with van der Waals surface area (Å²) in [6.45, 7) is 12.4. The second-order valence-corrected chi connectivity index (χ2v) is 17.7. The van der Waals surface area contributed by atoms with Gasteiger partial charge in [0.05, 0.1) is 19.3 Å². The fourth-order valence-corrected chi connectivity index (χ4v) is 13.1. The van der Waals surface area contributed by atoms with Gasteiger partial charge in [-0.1, -0.05) is 47.0 Å². The summed E-state index contributed by atoms with van der Waals surface area (Å²) in [4.78, 5) is 20.2. The van der Waals surface area contributed by atoms with Crippen molar-refractivity contribution in [1.29, 1.82) is 0 Å². The minimum atomic E-state index is -0.317. The zero-order valence-corrected chi connectivity index (χ0v) is 29.2. The minimum Gasteiger partial charge on any atom is -0.349 e. The quantitative estimate of drug-likeness (QED) is 0.364. The van der Waals surface area contributed by atoms with Crippen LogP contribution < -0.4 is 5.32 Å². The Morgan fingerprint density at radius 2 is 1.78 bits per heavy atom. The van der Waals surface area contributed by atoms with Crippen LogP contribution in [0.1, 0.15) is 124 Å². The Labute approximate surface area is 277 Å². The number of aromatic nitrogens is 3. The molecule has 0 radical (unpaired) electrons. The van der Waals surface area contributed by atoms with E-state index in [2.05, 4.69) is 48.0 Å². The Balaban J connectivity index is 0.919. The van der Waals surface area contributed by atoms with Crippen LogP contribution in [0.2, 0.25) is 0 Å². The average Bonchev–Trinajstić information content (AvgIpc) is 3.74. The normalized spacial score (nSPS) is 47.1. The van der Waals surface area contributed by atoms with Crippen molar-refractivity contribution in [2.75, 3.05) is 13.2 Å². The Bertz CT molecular complexity index is 1230. The Morgan fingerprint density at radius 3 is 2.54 bits per heavy atom. The lowest BCUT2D eigenvalue weighted by atomic mass is 9.44. The second-order valence-electron chi connectivity index (χ2n) is 17.7. The third-order valence-electron chi connectivity index (χ3n) is 15.6. The molecule has 3 heterocycles. The van der Waals surface area contributed by atoms with E-state index in [9.17, 15) is 4.79 Å². The van der Waals surface area contributed by atoms with E-state index in [1.165, 1.54) is 64.2 Å². The molecule has 46 heavy (non-hydrogen) atoms. The van der Waals surface area contributed by atoms with Gasteiger partial charge in [0, 0.05) is 31.0 Å². The van der Waals surface area contributed by atoms with E-state index in [1.54, 1.807) is 12.7 Å². The highest BCUT2D eigenvalue weighted by molar-refractivity contribution is 5.75. The van der Waals surface area contributed by atoms with Crippen LogP contribution in [0.25, 0.3) is 0 Å². The van der Waals surface area contributed by atoms with Crippen molar-refractivity contribution < 1.29 is 14.3 Å². The molecule has 1 N–H and O–H groups in total. The van der Waals surface area contributed by atoms with Crippen molar-refractivity contribution in [3.05, 3.63) is 12.7 Å². The van der Waals surface area contributed by atoms with Crippen molar-refractivity contribution in [2.24, 2.45) is 52.3 Å². The molecule has 7 fully saturated rings. The summed E-state index contributed by atoms with van der Waals surface area (Å²) in [5.74, 6) is 4.61. The summed E-state index contributed by atoms with van der Waals surface area (Å²) in [5.41, 5.74) is 0.778. The van der Waals surface area contributed by atoms with Gasteiger partial charge in [0.25, 0.3) is 0 Å². The Morgan fingerprint density at radius 1 is 0.957 bits per heavy atom. The molecule has 2 aliphatic heterocycles. The number of hydrogen-bond donors (Lipinski definition) is 1. The molecule has 8 nitrogen and oxygen atoms in total. The molecule has 1 spiro atoms. The lowest BCUT2D eigenvalue weighted by Gasteiger charge is -2.61. The molecule has 2 amide bonds. The first kappa shape index (κ1) is 31.6. The molecule has 8 heteroatoms. The van der Waals surface area contributed by atoms with Crippen LogP contribution in [0, 0.1) is 52.3 Å². The molecule has 5 aliphatic carbocycles. The van der Waals surface area contributed by atoms with Gasteiger partial charge in [-0.15, -0.1) is 0 Å². The van der Waals surface area contributed by atoms with Crippen molar-refractivity contribution in [1.82, 2.24) is 25.0 Å². The minimum absolute atomic E-state index is 0.156. The SMILES string of the molecule is C[C@H]1CC[C@@]2(OC1)O[C@H]1C[C@H]3[C@@H]4CC[C@@H]5C[C@H](NC(=O)N(CCn6cncn6)C6CCCCC6)CC[C@]5(C)[C@H]4CC[C@]3(C)[C@H]1[C@@H]2C. The highest BCUT2D eigenvalue weighted by Gasteiger charge is 2.69. The molecule has 12 atom stereocenters. The summed E-state index contributed by atoms with van der Waals surface area (Å²) in [5, 5.41) is 7.88. The van der Waals surface area contributed by atoms with E-state index in [4.69, 9.17) is 9.47 Å². The number of carbonyl (C=O) groups excluding carboxylic acids is 1. The zero-order valence-electron chi connectivity index (χ0n) is 29.2. The third-order valence-corrected chi connectivity index (χ3v) is 15.6. The topological polar surface area (TPSA) is 81.5 Å². The molecule has 256 valence electrons. The second kappa shape index (κ2) is 12.0. The van der Waals surface area contributed by atoms with E-state index in [0.717, 1.165) is 56.5 Å². The smallest absolute Gasteiger partial charge is 0.317 e. The molecule has 8 rings (SSSR count). The maximum absolute atomic E-state index is 13.9. The fraction of sp³-hybridized carbons (Fsp3) is 0.921. The van der Waals surface area contributed by atoms with Crippen LogP contribution in [-0.2, 0) is 16.0 Å². The van der Waals surface area contributed by atoms with E-state index in [-0.39, 0.29) is 11.8 Å². The number of nitrogens with one attached hydrogen (secondary N) is 1. The Kier molecular flexibility index (Phi) is 8.26. The molecule has 7 aliphatic rings. The van der Waals surface area contributed by atoms with Gasteiger partial charge in [0.15, 0.2) is 5.79 Å². The van der Waals surface area contributed by atoms with Gasteiger partial charge < -0.3 is 19.7 Å². The number of nitrogens with zero attached hydrogens (tertiary/aromatic N) is 4. The number of rotatable bonds is 5. The number of fused-ring (bicyclic) bond motifs is 7. The van der Waals surface area contributed by atoms with Crippen LogP contribution in [-0.4, -0.2) is 62.8 Å². The van der Waals surface area contributed by atoms with Gasteiger partial charge in [-0.25, -0.2) is 9.78 Å². The first-order valence-electron chi connectivity index (χ1n) is 19.4. The number of amides is 2. The summed E-state index contributed by atoms with van der Waals surface area (Å²) in [7, 11) is 0. The summed E-state index contributed by atoms with van der Waals surface area (Å²) in [6, 6.07) is 0.797. The van der Waals surface area contributed by atoms with Gasteiger partial charge in [0.1, 0.15) is 12.7 Å². The van der Waals surface area contributed by atoms with Gasteiger partial charge in [0.2, 0.25) is 0 Å². The molecule has 2 saturated heterocycles. The van der Waals surface area contributed by atoms with Gasteiger partial charge in [-0.2, -0.15) is 5.10 Å². The van der Waals surface area contributed by atoms with Crippen LogP contribution in [0.3, 0.4) is 0 Å². The van der Waals surface area contributed by atoms with Crippen LogP contribution in [0.5, 0.6) is 0 Å². The number of hydrogen-bond acceptors (Lipinski definition) is 5. The molecule has 0 unspecified atom stereocenters.